The van der Waals surface area contributed by atoms with Crippen molar-refractivity contribution < 1.29 is 27.9 Å². The maximum atomic E-state index is 14.2. The highest BCUT2D eigenvalue weighted by Gasteiger charge is 2.52. The number of aliphatic hydroxyl groups excluding tert-OH is 1. The van der Waals surface area contributed by atoms with E-state index in [0.717, 1.165) is 23.5 Å². The summed E-state index contributed by atoms with van der Waals surface area (Å²) in [5.41, 5.74) is 1.84. The van der Waals surface area contributed by atoms with E-state index in [1.807, 2.05) is 23.9 Å². The highest BCUT2D eigenvalue weighted by Crippen LogP contribution is 2.54. The minimum absolute atomic E-state index is 0.0927. The van der Waals surface area contributed by atoms with Crippen molar-refractivity contribution in [2.24, 2.45) is 0 Å². The first kappa shape index (κ1) is 34.6. The largest absolute Gasteiger partial charge is 0.397 e. The van der Waals surface area contributed by atoms with E-state index >= 15 is 0 Å². The van der Waals surface area contributed by atoms with Crippen molar-refractivity contribution in [3.05, 3.63) is 105 Å². The number of halogens is 5. The Morgan fingerprint density at radius 1 is 0.978 bits per heavy atom. The second kappa shape index (κ2) is 13.8. The Hall–Kier alpha value is -2.76. The Bertz CT molecular complexity index is 1570. The average Bonchev–Trinajstić information content (AvgIpc) is 3.39. The Morgan fingerprint density at radius 2 is 1.63 bits per heavy atom. The molecular formula is C34H36Cl2F3N3O3S. The zero-order valence-electron chi connectivity index (χ0n) is 25.6. The number of nitrogens with zero attached hydrogens (tertiary/aromatic N) is 3. The van der Waals surface area contributed by atoms with Crippen LogP contribution < -0.4 is 0 Å². The normalized spacial score (nSPS) is 18.1. The molecule has 1 saturated heterocycles. The van der Waals surface area contributed by atoms with Crippen LogP contribution in [-0.2, 0) is 20.8 Å². The number of rotatable bonds is 9. The fraction of sp³-hybridized carbons (Fsp3) is 0.412. The molecule has 1 N–H and O–H groups in total. The Balaban J connectivity index is 1.61. The second-order valence-electron chi connectivity index (χ2n) is 12.0. The van der Waals surface area contributed by atoms with Gasteiger partial charge < -0.3 is 14.9 Å². The van der Waals surface area contributed by atoms with Gasteiger partial charge in [-0.1, -0.05) is 71.7 Å². The number of alkyl halides is 3. The number of fused-ring (bicyclic) bond motifs is 2. The van der Waals surface area contributed by atoms with E-state index in [1.165, 1.54) is 23.1 Å². The molecule has 0 radical (unpaired) electrons. The standard InChI is InChI=1S/C34H36Cl2F3N3O3S/c1-40(30(44)19-34(37,38)39)22-33(25-12-13-27(35)28(36)18-25,41(2)31(45)23-8-4-3-5-9-23)29(20-43)42-16-14-32(15-17-42)26-11-7-6-10-24(26)21-46-32/h3-13,18,29,43H,14-17,19-22H2,1-2H3/t29-,33?/m1/s1. The molecule has 3 aromatic carbocycles. The molecule has 0 aromatic heterocycles. The zero-order valence-corrected chi connectivity index (χ0v) is 27.9. The van der Waals surface area contributed by atoms with Crippen LogP contribution in [0.4, 0.5) is 13.2 Å². The van der Waals surface area contributed by atoms with Crippen molar-refractivity contribution in [2.45, 2.75) is 47.5 Å². The molecule has 0 bridgehead atoms. The molecule has 0 aliphatic carbocycles. The lowest BCUT2D eigenvalue weighted by Crippen LogP contribution is -2.67. The van der Waals surface area contributed by atoms with E-state index < -0.39 is 42.6 Å². The quantitative estimate of drug-likeness (QED) is 0.262. The molecule has 1 fully saturated rings. The van der Waals surface area contributed by atoms with Gasteiger partial charge in [-0.3, -0.25) is 14.5 Å². The molecule has 2 aliphatic heterocycles. The molecule has 6 nitrogen and oxygen atoms in total. The first-order valence-corrected chi connectivity index (χ1v) is 16.7. The molecule has 3 aromatic rings. The Labute approximate surface area is 281 Å². The van der Waals surface area contributed by atoms with E-state index in [4.69, 9.17) is 23.2 Å². The van der Waals surface area contributed by atoms with Crippen molar-refractivity contribution >= 4 is 46.8 Å². The van der Waals surface area contributed by atoms with Crippen LogP contribution in [0.25, 0.3) is 0 Å². The van der Waals surface area contributed by atoms with Crippen LogP contribution in [0.2, 0.25) is 10.0 Å². The van der Waals surface area contributed by atoms with E-state index in [0.29, 0.717) is 24.2 Å². The molecule has 246 valence electrons. The fourth-order valence-electron chi connectivity index (χ4n) is 6.95. The van der Waals surface area contributed by atoms with Gasteiger partial charge in [0, 0.05) is 49.8 Å². The molecule has 5 rings (SSSR count). The topological polar surface area (TPSA) is 64.1 Å². The summed E-state index contributed by atoms with van der Waals surface area (Å²) in [4.78, 5) is 31.7. The van der Waals surface area contributed by atoms with Gasteiger partial charge in [0.05, 0.1) is 22.7 Å². The number of hydrogen-bond acceptors (Lipinski definition) is 5. The van der Waals surface area contributed by atoms with Crippen LogP contribution >= 0.6 is 35.0 Å². The lowest BCUT2D eigenvalue weighted by atomic mass is 9.77. The second-order valence-corrected chi connectivity index (χ2v) is 14.2. The smallest absolute Gasteiger partial charge is 0.395 e. The third-order valence-electron chi connectivity index (χ3n) is 9.38. The molecule has 12 heteroatoms. The minimum atomic E-state index is -4.73. The summed E-state index contributed by atoms with van der Waals surface area (Å²) in [6.07, 6.45) is -4.86. The summed E-state index contributed by atoms with van der Waals surface area (Å²) in [5, 5.41) is 11.6. The highest BCUT2D eigenvalue weighted by atomic mass is 35.5. The van der Waals surface area contributed by atoms with Gasteiger partial charge in [-0.25, -0.2) is 0 Å². The molecule has 2 atom stereocenters. The fourth-order valence-corrected chi connectivity index (χ4v) is 8.76. The summed E-state index contributed by atoms with van der Waals surface area (Å²) < 4.78 is 40.1. The van der Waals surface area contributed by atoms with E-state index in [2.05, 4.69) is 17.0 Å². The number of likely N-dealkylation sites (tertiary alicyclic amines) is 1. The van der Waals surface area contributed by atoms with Gasteiger partial charge in [0.15, 0.2) is 0 Å². The number of carbonyl (C=O) groups excluding carboxylic acids is 2. The SMILES string of the molecule is CN(CC(c1ccc(Cl)c(Cl)c1)([C@@H](CO)N1CCC2(CC1)SCc1ccccc12)N(C)C(=O)c1ccccc1)C(=O)CC(F)(F)F. The first-order chi connectivity index (χ1) is 21.8. The number of amides is 2. The Morgan fingerprint density at radius 3 is 2.26 bits per heavy atom. The molecule has 2 aliphatic rings. The summed E-state index contributed by atoms with van der Waals surface area (Å²) >= 11 is 14.7. The first-order valence-electron chi connectivity index (χ1n) is 15.0. The van der Waals surface area contributed by atoms with Gasteiger partial charge in [-0.15, -0.1) is 11.8 Å². The maximum Gasteiger partial charge on any atom is 0.397 e. The van der Waals surface area contributed by atoms with Crippen LogP contribution in [0, 0.1) is 0 Å². The predicted molar refractivity (Wildman–Crippen MR) is 176 cm³/mol. The van der Waals surface area contributed by atoms with Gasteiger partial charge >= 0.3 is 6.18 Å². The number of benzene rings is 3. The average molecular weight is 695 g/mol. The van der Waals surface area contributed by atoms with E-state index in [-0.39, 0.29) is 21.3 Å². The minimum Gasteiger partial charge on any atom is -0.395 e. The summed E-state index contributed by atoms with van der Waals surface area (Å²) in [6.45, 7) is 0.288. The lowest BCUT2D eigenvalue weighted by Gasteiger charge is -2.54. The summed E-state index contributed by atoms with van der Waals surface area (Å²) in [5.74, 6) is -0.686. The number of piperidine rings is 1. The number of hydrogen-bond donors (Lipinski definition) is 1. The van der Waals surface area contributed by atoms with Gasteiger partial charge in [0.2, 0.25) is 5.91 Å². The Kier molecular flexibility index (Phi) is 10.3. The van der Waals surface area contributed by atoms with Crippen LogP contribution in [0.1, 0.15) is 46.3 Å². The highest BCUT2D eigenvalue weighted by molar-refractivity contribution is 7.99. The third-order valence-corrected chi connectivity index (χ3v) is 11.8. The summed E-state index contributed by atoms with van der Waals surface area (Å²) in [7, 11) is 2.84. The molecule has 46 heavy (non-hydrogen) atoms. The van der Waals surface area contributed by atoms with Crippen molar-refractivity contribution in [3.63, 3.8) is 0 Å². The molecule has 2 heterocycles. The monoisotopic (exact) mass is 693 g/mol. The lowest BCUT2D eigenvalue weighted by molar-refractivity contribution is -0.162. The van der Waals surface area contributed by atoms with Crippen molar-refractivity contribution in [1.82, 2.24) is 14.7 Å². The number of thioether (sulfide) groups is 1. The zero-order chi connectivity index (χ0) is 33.3. The van der Waals surface area contributed by atoms with Crippen LogP contribution in [0.15, 0.2) is 72.8 Å². The van der Waals surface area contributed by atoms with Crippen LogP contribution in [0.5, 0.6) is 0 Å². The molecule has 2 amide bonds. The molecule has 1 spiro atoms. The van der Waals surface area contributed by atoms with Crippen molar-refractivity contribution in [2.75, 3.05) is 40.3 Å². The van der Waals surface area contributed by atoms with Gasteiger partial charge in [0.1, 0.15) is 12.0 Å². The number of aliphatic hydroxyl groups is 1. The van der Waals surface area contributed by atoms with E-state index in [9.17, 15) is 27.9 Å². The molecule has 1 unspecified atom stereocenters. The number of carbonyl (C=O) groups is 2. The van der Waals surface area contributed by atoms with Crippen molar-refractivity contribution in [1.29, 1.82) is 0 Å². The van der Waals surface area contributed by atoms with Gasteiger partial charge in [0.25, 0.3) is 5.91 Å². The third kappa shape index (κ3) is 6.78. The molecular weight excluding hydrogens is 658 g/mol. The number of likely N-dealkylation sites (N-methyl/N-ethyl adjacent to an activating group) is 2. The van der Waals surface area contributed by atoms with Crippen LogP contribution in [0.3, 0.4) is 0 Å². The van der Waals surface area contributed by atoms with E-state index in [1.54, 1.807) is 55.6 Å². The van der Waals surface area contributed by atoms with Crippen LogP contribution in [-0.4, -0.2) is 84.2 Å². The molecule has 0 saturated carbocycles. The maximum absolute atomic E-state index is 14.2. The predicted octanol–water partition coefficient (Wildman–Crippen LogP) is 6.97. The summed E-state index contributed by atoms with van der Waals surface area (Å²) in [6, 6.07) is 20.8. The van der Waals surface area contributed by atoms with Gasteiger partial charge in [-0.05, 0) is 53.8 Å². The van der Waals surface area contributed by atoms with Gasteiger partial charge in [-0.2, -0.15) is 13.2 Å². The van der Waals surface area contributed by atoms with Crippen molar-refractivity contribution in [3.8, 4) is 0 Å².